The number of rotatable bonds is 3. The molecule has 2 rings (SSSR count). The van der Waals surface area contributed by atoms with Crippen molar-refractivity contribution in [3.05, 3.63) is 34.3 Å². The summed E-state index contributed by atoms with van der Waals surface area (Å²) in [4.78, 5) is 4.82. The number of likely N-dealkylation sites (N-methyl/N-ethyl adjacent to an activating group) is 1. The average molecular weight is 311 g/mol. The summed E-state index contributed by atoms with van der Waals surface area (Å²) < 4.78 is 0. The molecule has 0 spiro atoms. The van der Waals surface area contributed by atoms with Gasteiger partial charge in [0.1, 0.15) is 0 Å². The number of benzene rings is 1. The van der Waals surface area contributed by atoms with E-state index in [9.17, 15) is 0 Å². The van der Waals surface area contributed by atoms with Crippen LogP contribution in [0.15, 0.2) is 23.4 Å². The molecule has 0 radical (unpaired) electrons. The van der Waals surface area contributed by atoms with Crippen LogP contribution in [0, 0.1) is 0 Å². The van der Waals surface area contributed by atoms with Crippen molar-refractivity contribution < 1.29 is 5.21 Å². The lowest BCUT2D eigenvalue weighted by Gasteiger charge is -2.28. The summed E-state index contributed by atoms with van der Waals surface area (Å²) in [6.07, 6.45) is 1.17. The van der Waals surface area contributed by atoms with Gasteiger partial charge < -0.3 is 15.8 Å². The zero-order chi connectivity index (χ0) is 15.4. The smallest absolute Gasteiger partial charge is 0.170 e. The third kappa shape index (κ3) is 4.09. The van der Waals surface area contributed by atoms with Crippen molar-refractivity contribution in [2.45, 2.75) is 25.9 Å². The molecule has 21 heavy (non-hydrogen) atoms. The first-order chi connectivity index (χ1) is 10.0. The molecule has 1 saturated heterocycles. The first-order valence-electron chi connectivity index (χ1n) is 7.20. The van der Waals surface area contributed by atoms with E-state index in [-0.39, 0.29) is 5.84 Å². The summed E-state index contributed by atoms with van der Waals surface area (Å²) >= 11 is 6.34. The molecule has 1 aromatic carbocycles. The fourth-order valence-electron chi connectivity index (χ4n) is 2.77. The Balaban J connectivity index is 2.12. The molecule has 3 N–H and O–H groups in total. The van der Waals surface area contributed by atoms with E-state index in [0.717, 1.165) is 31.7 Å². The summed E-state index contributed by atoms with van der Waals surface area (Å²) in [6, 6.07) is 6.04. The van der Waals surface area contributed by atoms with Gasteiger partial charge >= 0.3 is 0 Å². The van der Waals surface area contributed by atoms with Crippen molar-refractivity contribution in [3.63, 3.8) is 0 Å². The van der Waals surface area contributed by atoms with Gasteiger partial charge in [0, 0.05) is 36.3 Å². The van der Waals surface area contributed by atoms with E-state index < -0.39 is 0 Å². The minimum absolute atomic E-state index is 0.0771. The van der Waals surface area contributed by atoms with E-state index in [2.05, 4.69) is 28.9 Å². The molecule has 0 bridgehead atoms. The summed E-state index contributed by atoms with van der Waals surface area (Å²) in [5, 5.41) is 12.4. The van der Waals surface area contributed by atoms with Crippen LogP contribution < -0.4 is 5.73 Å². The van der Waals surface area contributed by atoms with E-state index in [1.165, 1.54) is 6.42 Å². The van der Waals surface area contributed by atoms with Crippen molar-refractivity contribution in [2.75, 3.05) is 26.7 Å². The van der Waals surface area contributed by atoms with E-state index in [4.69, 9.17) is 22.5 Å². The van der Waals surface area contributed by atoms with Crippen molar-refractivity contribution in [1.29, 1.82) is 0 Å². The summed E-state index contributed by atoms with van der Waals surface area (Å²) in [5.41, 5.74) is 7.29. The highest BCUT2D eigenvalue weighted by molar-refractivity contribution is 6.31. The van der Waals surface area contributed by atoms with Crippen LogP contribution in [0.1, 0.15) is 24.5 Å². The largest absolute Gasteiger partial charge is 0.409 e. The number of oxime groups is 1. The Morgan fingerprint density at radius 2 is 2.24 bits per heavy atom. The minimum atomic E-state index is 0.0771. The van der Waals surface area contributed by atoms with Crippen LogP contribution >= 0.6 is 11.6 Å². The highest BCUT2D eigenvalue weighted by Crippen LogP contribution is 2.21. The van der Waals surface area contributed by atoms with Crippen LogP contribution in [0.5, 0.6) is 0 Å². The van der Waals surface area contributed by atoms with Crippen LogP contribution in [-0.4, -0.2) is 53.6 Å². The van der Waals surface area contributed by atoms with E-state index >= 15 is 0 Å². The van der Waals surface area contributed by atoms with E-state index in [1.54, 1.807) is 6.07 Å². The zero-order valence-corrected chi connectivity index (χ0v) is 13.3. The Morgan fingerprint density at radius 3 is 2.90 bits per heavy atom. The van der Waals surface area contributed by atoms with Crippen LogP contribution in [0.3, 0.4) is 0 Å². The summed E-state index contributed by atoms with van der Waals surface area (Å²) in [7, 11) is 2.17. The third-order valence-electron chi connectivity index (χ3n) is 4.01. The molecule has 116 valence electrons. The molecular weight excluding hydrogens is 288 g/mol. The SMILES string of the molecule is CC1CN(C)CCCN1Cc1ccc(/C(N)=N/O)cc1Cl. The van der Waals surface area contributed by atoms with Crippen LogP contribution in [0.4, 0.5) is 0 Å². The molecular formula is C15H23ClN4O. The standard InChI is InChI=1S/C15H23ClN4O/c1-11-9-19(2)6-3-7-20(11)10-13-5-4-12(8-14(13)16)15(17)18-21/h4-5,8,11,21H,3,6-7,9-10H2,1-2H3,(H2,17,18). The predicted molar refractivity (Wildman–Crippen MR) is 85.9 cm³/mol. The predicted octanol–water partition coefficient (Wildman–Crippen LogP) is 1.96. The fraction of sp³-hybridized carbons (Fsp3) is 0.533. The normalized spacial score (nSPS) is 22.2. The van der Waals surface area contributed by atoms with E-state index in [0.29, 0.717) is 16.6 Å². The maximum absolute atomic E-state index is 8.71. The number of nitrogens with zero attached hydrogens (tertiary/aromatic N) is 3. The Labute approximate surface area is 131 Å². The molecule has 1 fully saturated rings. The summed E-state index contributed by atoms with van der Waals surface area (Å²) in [5.74, 6) is 0.0771. The average Bonchev–Trinajstić information content (AvgIpc) is 2.61. The molecule has 0 saturated carbocycles. The Bertz CT molecular complexity index is 520. The van der Waals surface area contributed by atoms with Gasteiger partial charge in [-0.05, 0) is 38.6 Å². The second kappa shape index (κ2) is 7.11. The lowest BCUT2D eigenvalue weighted by Crippen LogP contribution is -2.37. The van der Waals surface area contributed by atoms with Crippen molar-refractivity contribution >= 4 is 17.4 Å². The Morgan fingerprint density at radius 1 is 1.48 bits per heavy atom. The van der Waals surface area contributed by atoms with Gasteiger partial charge in [-0.3, -0.25) is 4.90 Å². The first-order valence-corrected chi connectivity index (χ1v) is 7.58. The van der Waals surface area contributed by atoms with Crippen molar-refractivity contribution in [2.24, 2.45) is 10.9 Å². The van der Waals surface area contributed by atoms with Gasteiger partial charge in [-0.1, -0.05) is 28.9 Å². The number of amidine groups is 1. The topological polar surface area (TPSA) is 65.1 Å². The molecule has 1 atom stereocenters. The van der Waals surface area contributed by atoms with Gasteiger partial charge in [-0.15, -0.1) is 0 Å². The van der Waals surface area contributed by atoms with E-state index in [1.807, 2.05) is 12.1 Å². The maximum atomic E-state index is 8.71. The van der Waals surface area contributed by atoms with Crippen molar-refractivity contribution in [3.8, 4) is 0 Å². The maximum Gasteiger partial charge on any atom is 0.170 e. The van der Waals surface area contributed by atoms with Gasteiger partial charge in [0.05, 0.1) is 0 Å². The first kappa shape index (κ1) is 16.1. The molecule has 1 unspecified atom stereocenters. The quantitative estimate of drug-likeness (QED) is 0.388. The molecule has 0 aliphatic carbocycles. The number of halogens is 1. The number of nitrogens with two attached hydrogens (primary N) is 1. The van der Waals surface area contributed by atoms with Crippen LogP contribution in [-0.2, 0) is 6.54 Å². The molecule has 0 amide bonds. The lowest BCUT2D eigenvalue weighted by atomic mass is 10.1. The van der Waals surface area contributed by atoms with Gasteiger partial charge in [0.15, 0.2) is 5.84 Å². The van der Waals surface area contributed by atoms with Crippen LogP contribution in [0.25, 0.3) is 0 Å². The van der Waals surface area contributed by atoms with Gasteiger partial charge in [0.2, 0.25) is 0 Å². The number of hydrogen-bond acceptors (Lipinski definition) is 4. The molecule has 1 heterocycles. The molecule has 1 aliphatic rings. The lowest BCUT2D eigenvalue weighted by molar-refractivity contribution is 0.194. The summed E-state index contributed by atoms with van der Waals surface area (Å²) in [6.45, 7) is 6.35. The second-order valence-corrected chi connectivity index (χ2v) is 6.13. The van der Waals surface area contributed by atoms with Gasteiger partial charge in [-0.25, -0.2) is 0 Å². The molecule has 1 aromatic rings. The van der Waals surface area contributed by atoms with Crippen molar-refractivity contribution in [1.82, 2.24) is 9.80 Å². The second-order valence-electron chi connectivity index (χ2n) is 5.73. The zero-order valence-electron chi connectivity index (χ0n) is 12.6. The molecule has 0 aromatic heterocycles. The molecule has 6 heteroatoms. The van der Waals surface area contributed by atoms with Gasteiger partial charge in [-0.2, -0.15) is 0 Å². The van der Waals surface area contributed by atoms with Crippen LogP contribution in [0.2, 0.25) is 5.02 Å². The molecule has 1 aliphatic heterocycles. The minimum Gasteiger partial charge on any atom is -0.409 e. The van der Waals surface area contributed by atoms with Gasteiger partial charge in [0.25, 0.3) is 0 Å². The monoisotopic (exact) mass is 310 g/mol. The Hall–Kier alpha value is -1.30. The fourth-order valence-corrected chi connectivity index (χ4v) is 3.01. The highest BCUT2D eigenvalue weighted by atomic mass is 35.5. The molecule has 5 nitrogen and oxygen atoms in total. The number of hydrogen-bond donors (Lipinski definition) is 2. The third-order valence-corrected chi connectivity index (χ3v) is 4.37. The highest BCUT2D eigenvalue weighted by Gasteiger charge is 2.20. The Kier molecular flexibility index (Phi) is 5.45.